The predicted molar refractivity (Wildman–Crippen MR) is 92.1 cm³/mol. The summed E-state index contributed by atoms with van der Waals surface area (Å²) in [5.74, 6) is -1.08. The van der Waals surface area contributed by atoms with Crippen LogP contribution in [0, 0.1) is 6.92 Å². The summed E-state index contributed by atoms with van der Waals surface area (Å²) in [6.45, 7) is 1.81. The van der Waals surface area contributed by atoms with Gasteiger partial charge in [-0.1, -0.05) is 37.1 Å². The van der Waals surface area contributed by atoms with Crippen molar-refractivity contribution in [1.29, 1.82) is 0 Å². The molecule has 0 bridgehead atoms. The Morgan fingerprint density at radius 3 is 2.83 bits per heavy atom. The molecule has 23 heavy (non-hydrogen) atoms. The lowest BCUT2D eigenvalue weighted by Gasteiger charge is -2.43. The van der Waals surface area contributed by atoms with Crippen molar-refractivity contribution in [1.82, 2.24) is 4.90 Å². The number of nitrogens with zero attached hydrogens (tertiary/aromatic N) is 1. The molecular weight excluding hydrogens is 310 g/mol. The molecule has 0 radical (unpaired) electrons. The number of hydrogen-bond acceptors (Lipinski definition) is 3. The van der Waals surface area contributed by atoms with Gasteiger partial charge in [0.05, 0.1) is 4.91 Å². The molecule has 1 saturated carbocycles. The summed E-state index contributed by atoms with van der Waals surface area (Å²) >= 11 is 1.63. The molecule has 1 heterocycles. The maximum atomic E-state index is 12.8. The lowest BCUT2D eigenvalue weighted by atomic mass is 9.93. The summed E-state index contributed by atoms with van der Waals surface area (Å²) in [7, 11) is 0. The summed E-state index contributed by atoms with van der Waals surface area (Å²) in [4.78, 5) is 26.2. The molecule has 1 aromatic rings. The second-order valence-corrected chi connectivity index (χ2v) is 7.48. The molecule has 0 aromatic heterocycles. The second kappa shape index (κ2) is 6.79. The van der Waals surface area contributed by atoms with Crippen LogP contribution in [0.4, 0.5) is 0 Å². The molecular formula is C18H21NO3S. The van der Waals surface area contributed by atoms with Gasteiger partial charge in [0.25, 0.3) is 5.91 Å². The number of rotatable bonds is 3. The van der Waals surface area contributed by atoms with E-state index in [1.165, 1.54) is 0 Å². The van der Waals surface area contributed by atoms with E-state index >= 15 is 0 Å². The molecule has 1 aromatic carbocycles. The number of fused-ring (bicyclic) bond motifs is 1. The average molecular weight is 331 g/mol. The minimum atomic E-state index is -0.940. The first-order valence-corrected chi connectivity index (χ1v) is 8.91. The van der Waals surface area contributed by atoms with E-state index in [2.05, 4.69) is 0 Å². The summed E-state index contributed by atoms with van der Waals surface area (Å²) < 4.78 is 0. The highest BCUT2D eigenvalue weighted by atomic mass is 32.2. The first kappa shape index (κ1) is 16.1. The maximum absolute atomic E-state index is 12.8. The van der Waals surface area contributed by atoms with Gasteiger partial charge in [-0.15, -0.1) is 11.8 Å². The van der Waals surface area contributed by atoms with Crippen LogP contribution in [0.3, 0.4) is 0 Å². The molecule has 2 fully saturated rings. The molecule has 2 atom stereocenters. The fourth-order valence-electron chi connectivity index (χ4n) is 3.40. The average Bonchev–Trinajstić information content (AvgIpc) is 2.53. The van der Waals surface area contributed by atoms with Crippen molar-refractivity contribution in [3.05, 3.63) is 40.3 Å². The Balaban J connectivity index is 1.93. The third-order valence-electron chi connectivity index (χ3n) is 4.60. The third kappa shape index (κ3) is 3.44. The third-order valence-corrected chi connectivity index (χ3v) is 6.00. The van der Waals surface area contributed by atoms with E-state index in [4.69, 9.17) is 0 Å². The van der Waals surface area contributed by atoms with Gasteiger partial charge in [-0.25, -0.2) is 0 Å². The Hall–Kier alpha value is -1.75. The largest absolute Gasteiger partial charge is 0.480 e. The van der Waals surface area contributed by atoms with Gasteiger partial charge in [0.15, 0.2) is 0 Å². The Labute approximate surface area is 140 Å². The van der Waals surface area contributed by atoms with E-state index in [0.29, 0.717) is 10.2 Å². The molecule has 122 valence electrons. The molecule has 1 N–H and O–H groups in total. The molecule has 1 saturated heterocycles. The summed E-state index contributed by atoms with van der Waals surface area (Å²) in [6.07, 6.45) is 6.10. The first-order valence-electron chi connectivity index (χ1n) is 8.03. The van der Waals surface area contributed by atoms with Gasteiger partial charge >= 0.3 is 5.97 Å². The number of hydrogen-bond donors (Lipinski definition) is 1. The molecule has 5 heteroatoms. The Bertz CT molecular complexity index is 655. The number of carboxylic acids is 1. The van der Waals surface area contributed by atoms with Gasteiger partial charge in [0, 0.05) is 11.3 Å². The lowest BCUT2D eigenvalue weighted by Crippen LogP contribution is -2.53. The quantitative estimate of drug-likeness (QED) is 0.863. The van der Waals surface area contributed by atoms with E-state index in [-0.39, 0.29) is 18.5 Å². The van der Waals surface area contributed by atoms with Crippen LogP contribution in [-0.2, 0) is 9.59 Å². The van der Waals surface area contributed by atoms with Crippen LogP contribution < -0.4 is 0 Å². The SMILES string of the molecule is Cc1ccccc1/C=C1\SC2CCCCC2N(CC(=O)O)C1=O. The van der Waals surface area contributed by atoms with Crippen molar-refractivity contribution in [2.45, 2.75) is 43.9 Å². The monoisotopic (exact) mass is 331 g/mol. The highest BCUT2D eigenvalue weighted by Crippen LogP contribution is 2.42. The summed E-state index contributed by atoms with van der Waals surface area (Å²) in [6, 6.07) is 8.00. The number of carbonyl (C=O) groups is 2. The zero-order valence-electron chi connectivity index (χ0n) is 13.2. The van der Waals surface area contributed by atoms with Crippen LogP contribution in [0.2, 0.25) is 0 Å². The van der Waals surface area contributed by atoms with Crippen LogP contribution in [-0.4, -0.2) is 39.7 Å². The number of carboxylic acid groups (broad SMARTS) is 1. The van der Waals surface area contributed by atoms with Crippen LogP contribution in [0.5, 0.6) is 0 Å². The first-order chi connectivity index (χ1) is 11.1. The minimum Gasteiger partial charge on any atom is -0.480 e. The molecule has 1 amide bonds. The van der Waals surface area contributed by atoms with Crippen LogP contribution in [0.25, 0.3) is 6.08 Å². The van der Waals surface area contributed by atoms with Crippen molar-refractivity contribution in [3.8, 4) is 0 Å². The molecule has 0 spiro atoms. The Morgan fingerprint density at radius 1 is 1.35 bits per heavy atom. The van der Waals surface area contributed by atoms with Gasteiger partial charge in [-0.05, 0) is 37.0 Å². The van der Waals surface area contributed by atoms with Gasteiger partial charge in [-0.3, -0.25) is 9.59 Å². The number of aryl methyl sites for hydroxylation is 1. The van der Waals surface area contributed by atoms with Crippen LogP contribution in [0.15, 0.2) is 29.2 Å². The summed E-state index contributed by atoms with van der Waals surface area (Å²) in [5, 5.41) is 9.49. The minimum absolute atomic E-state index is 0.0615. The van der Waals surface area contributed by atoms with Crippen molar-refractivity contribution in [2.75, 3.05) is 6.54 Å². The van der Waals surface area contributed by atoms with Gasteiger partial charge in [0.1, 0.15) is 6.54 Å². The standard InChI is InChI=1S/C18H21NO3S/c1-12-6-2-3-7-13(12)10-16-18(22)19(11-17(20)21)14-8-4-5-9-15(14)23-16/h2-3,6-7,10,14-15H,4-5,8-9,11H2,1H3,(H,20,21)/b16-10-. The van der Waals surface area contributed by atoms with E-state index in [1.807, 2.05) is 37.3 Å². The Morgan fingerprint density at radius 2 is 2.09 bits per heavy atom. The smallest absolute Gasteiger partial charge is 0.323 e. The number of benzene rings is 1. The van der Waals surface area contributed by atoms with Gasteiger partial charge in [-0.2, -0.15) is 0 Å². The normalized spacial score (nSPS) is 26.2. The lowest BCUT2D eigenvalue weighted by molar-refractivity contribution is -0.144. The molecule has 3 rings (SSSR count). The van der Waals surface area contributed by atoms with Crippen molar-refractivity contribution in [3.63, 3.8) is 0 Å². The van der Waals surface area contributed by atoms with Crippen molar-refractivity contribution >= 4 is 29.7 Å². The van der Waals surface area contributed by atoms with E-state index in [9.17, 15) is 14.7 Å². The predicted octanol–water partition coefficient (Wildman–Crippen LogP) is 3.31. The topological polar surface area (TPSA) is 57.6 Å². The van der Waals surface area contributed by atoms with Crippen molar-refractivity contribution < 1.29 is 14.7 Å². The number of carbonyl (C=O) groups excluding carboxylic acids is 1. The second-order valence-electron chi connectivity index (χ2n) is 6.20. The fourth-order valence-corrected chi connectivity index (χ4v) is 4.86. The van der Waals surface area contributed by atoms with Gasteiger partial charge in [0.2, 0.25) is 0 Å². The fraction of sp³-hybridized carbons (Fsp3) is 0.444. The molecule has 4 nitrogen and oxygen atoms in total. The number of thioether (sulfide) groups is 1. The molecule has 1 aliphatic carbocycles. The number of aliphatic carboxylic acids is 1. The highest BCUT2D eigenvalue weighted by molar-refractivity contribution is 8.04. The molecule has 1 aliphatic heterocycles. The van der Waals surface area contributed by atoms with E-state index in [0.717, 1.165) is 36.8 Å². The summed E-state index contributed by atoms with van der Waals surface area (Å²) in [5.41, 5.74) is 2.14. The van der Waals surface area contributed by atoms with Crippen molar-refractivity contribution in [2.24, 2.45) is 0 Å². The number of amides is 1. The van der Waals surface area contributed by atoms with E-state index < -0.39 is 5.97 Å². The van der Waals surface area contributed by atoms with E-state index in [1.54, 1.807) is 16.7 Å². The molecule has 2 aliphatic rings. The zero-order valence-corrected chi connectivity index (χ0v) is 14.0. The highest BCUT2D eigenvalue weighted by Gasteiger charge is 2.41. The Kier molecular flexibility index (Phi) is 4.76. The zero-order chi connectivity index (χ0) is 16.4. The van der Waals surface area contributed by atoms with Crippen LogP contribution >= 0.6 is 11.8 Å². The maximum Gasteiger partial charge on any atom is 0.323 e. The molecule has 2 unspecified atom stereocenters. The van der Waals surface area contributed by atoms with Gasteiger partial charge < -0.3 is 10.0 Å². The van der Waals surface area contributed by atoms with Crippen LogP contribution in [0.1, 0.15) is 36.8 Å².